The number of pyridine rings is 1. The molecule has 34 heavy (non-hydrogen) atoms. The summed E-state index contributed by atoms with van der Waals surface area (Å²) in [7, 11) is 0.512. The molecule has 3 heterocycles. The Morgan fingerprint density at radius 1 is 1.18 bits per heavy atom. The lowest BCUT2D eigenvalue weighted by Gasteiger charge is -2.20. The van der Waals surface area contributed by atoms with E-state index < -0.39 is 10.0 Å². The highest BCUT2D eigenvalue weighted by Gasteiger charge is 2.18. The van der Waals surface area contributed by atoms with Crippen LogP contribution in [0.3, 0.4) is 0 Å². The Balaban J connectivity index is 1.63. The number of aryl methyl sites for hydroxylation is 2. The van der Waals surface area contributed by atoms with Crippen molar-refractivity contribution in [2.75, 3.05) is 28.2 Å². The molecule has 0 aliphatic carbocycles. The van der Waals surface area contributed by atoms with E-state index in [0.29, 0.717) is 23.5 Å². The smallest absolute Gasteiger partial charge is 0.257 e. The van der Waals surface area contributed by atoms with Gasteiger partial charge in [-0.25, -0.2) is 18.4 Å². The molecule has 0 unspecified atom stereocenters. The van der Waals surface area contributed by atoms with Gasteiger partial charge < -0.3 is 14.8 Å². The van der Waals surface area contributed by atoms with Crippen molar-refractivity contribution in [1.82, 2.24) is 18.9 Å². The number of nitrogens with one attached hydrogen (secondary N) is 2. The molecular formula is C23H27N7O3S. The Morgan fingerprint density at radius 3 is 2.62 bits per heavy atom. The van der Waals surface area contributed by atoms with Crippen molar-refractivity contribution in [3.05, 3.63) is 72.1 Å². The fraction of sp³-hybridized carbons (Fsp3) is 0.261. The number of nitrogens with zero attached hydrogens (tertiary/aromatic N) is 5. The number of rotatable bonds is 8. The van der Waals surface area contributed by atoms with Gasteiger partial charge in [0, 0.05) is 38.4 Å². The lowest BCUT2D eigenvalue weighted by molar-refractivity contribution is 0.102. The van der Waals surface area contributed by atoms with Crippen LogP contribution in [-0.2, 0) is 30.0 Å². The number of carbonyl (C=O) groups is 1. The molecular weight excluding hydrogens is 454 g/mol. The summed E-state index contributed by atoms with van der Waals surface area (Å²) in [5.74, 6) is 1.49. The number of aromatic nitrogens is 4. The van der Waals surface area contributed by atoms with E-state index in [2.05, 4.69) is 19.9 Å². The molecule has 0 atom stereocenters. The predicted molar refractivity (Wildman–Crippen MR) is 133 cm³/mol. The second-order valence-electron chi connectivity index (χ2n) is 8.10. The second kappa shape index (κ2) is 9.18. The molecule has 0 bridgehead atoms. The molecule has 0 saturated heterocycles. The lowest BCUT2D eigenvalue weighted by Crippen LogP contribution is -2.22. The van der Waals surface area contributed by atoms with E-state index in [4.69, 9.17) is 4.98 Å². The third-order valence-corrected chi connectivity index (χ3v) is 5.95. The van der Waals surface area contributed by atoms with Gasteiger partial charge in [-0.3, -0.25) is 13.9 Å². The summed E-state index contributed by atoms with van der Waals surface area (Å²) in [5, 5.41) is 2.83. The van der Waals surface area contributed by atoms with E-state index in [0.717, 1.165) is 35.7 Å². The zero-order chi connectivity index (χ0) is 24.5. The summed E-state index contributed by atoms with van der Waals surface area (Å²) in [5.41, 5.74) is 2.96. The van der Waals surface area contributed by atoms with E-state index in [9.17, 15) is 13.2 Å². The van der Waals surface area contributed by atoms with Gasteiger partial charge in [0.25, 0.3) is 5.91 Å². The Kier molecular flexibility index (Phi) is 6.29. The van der Waals surface area contributed by atoms with Gasteiger partial charge in [-0.1, -0.05) is 13.0 Å². The molecule has 0 saturated carbocycles. The third-order valence-electron chi connectivity index (χ3n) is 5.34. The SMILES string of the molecule is CCc1nc2ccc(C(=O)Nc3cccc(NS(C)(=O)=O)c3)cn2c1N(C)Cc1nccn1C. The van der Waals surface area contributed by atoms with Gasteiger partial charge in [0.1, 0.15) is 17.3 Å². The van der Waals surface area contributed by atoms with Gasteiger partial charge in [-0.2, -0.15) is 0 Å². The van der Waals surface area contributed by atoms with Crippen LogP contribution in [0.25, 0.3) is 5.65 Å². The predicted octanol–water partition coefficient (Wildman–Crippen LogP) is 2.89. The minimum Gasteiger partial charge on any atom is -0.352 e. The van der Waals surface area contributed by atoms with Crippen LogP contribution in [-0.4, -0.2) is 46.6 Å². The first-order valence-corrected chi connectivity index (χ1v) is 12.6. The topological polar surface area (TPSA) is 114 Å². The number of imidazole rings is 2. The van der Waals surface area contributed by atoms with Crippen LogP contribution < -0.4 is 14.9 Å². The monoisotopic (exact) mass is 481 g/mol. The average Bonchev–Trinajstić information content (AvgIpc) is 3.35. The van der Waals surface area contributed by atoms with Crippen LogP contribution >= 0.6 is 0 Å². The normalized spacial score (nSPS) is 11.5. The van der Waals surface area contributed by atoms with Crippen molar-refractivity contribution in [2.24, 2.45) is 7.05 Å². The zero-order valence-electron chi connectivity index (χ0n) is 19.5. The number of amides is 1. The molecule has 1 amide bonds. The molecule has 0 fully saturated rings. The Bertz CT molecular complexity index is 1460. The van der Waals surface area contributed by atoms with Crippen molar-refractivity contribution in [3.8, 4) is 0 Å². The van der Waals surface area contributed by atoms with Gasteiger partial charge in [-0.05, 0) is 36.8 Å². The Morgan fingerprint density at radius 2 is 1.94 bits per heavy atom. The van der Waals surface area contributed by atoms with Crippen molar-refractivity contribution in [3.63, 3.8) is 0 Å². The quantitative estimate of drug-likeness (QED) is 0.400. The van der Waals surface area contributed by atoms with Gasteiger partial charge >= 0.3 is 0 Å². The molecule has 2 N–H and O–H groups in total. The van der Waals surface area contributed by atoms with Crippen LogP contribution in [0.15, 0.2) is 55.0 Å². The van der Waals surface area contributed by atoms with E-state index in [1.165, 1.54) is 0 Å². The summed E-state index contributed by atoms with van der Waals surface area (Å²) < 4.78 is 29.3. The molecule has 0 aliphatic rings. The molecule has 11 heteroatoms. The molecule has 4 rings (SSSR count). The first-order valence-electron chi connectivity index (χ1n) is 10.7. The Labute approximate surface area is 198 Å². The van der Waals surface area contributed by atoms with E-state index in [-0.39, 0.29) is 5.91 Å². The van der Waals surface area contributed by atoms with Crippen molar-refractivity contribution in [2.45, 2.75) is 19.9 Å². The fourth-order valence-corrected chi connectivity index (χ4v) is 4.33. The fourth-order valence-electron chi connectivity index (χ4n) is 3.77. The number of fused-ring (bicyclic) bond motifs is 1. The van der Waals surface area contributed by atoms with E-state index >= 15 is 0 Å². The maximum Gasteiger partial charge on any atom is 0.257 e. The van der Waals surface area contributed by atoms with Crippen LogP contribution in [0.5, 0.6) is 0 Å². The highest BCUT2D eigenvalue weighted by atomic mass is 32.2. The molecule has 4 aromatic rings. The summed E-state index contributed by atoms with van der Waals surface area (Å²) in [6.07, 6.45) is 7.25. The number of anilines is 3. The molecule has 0 spiro atoms. The molecule has 178 valence electrons. The summed E-state index contributed by atoms with van der Waals surface area (Å²) in [6, 6.07) is 10.1. The number of hydrogen-bond donors (Lipinski definition) is 2. The summed E-state index contributed by atoms with van der Waals surface area (Å²) >= 11 is 0. The highest BCUT2D eigenvalue weighted by Crippen LogP contribution is 2.25. The van der Waals surface area contributed by atoms with Gasteiger partial charge in [0.15, 0.2) is 0 Å². The van der Waals surface area contributed by atoms with Crippen LogP contribution in [0.1, 0.15) is 28.8 Å². The largest absolute Gasteiger partial charge is 0.352 e. The maximum absolute atomic E-state index is 13.0. The number of carbonyl (C=O) groups excluding carboxylic acids is 1. The molecule has 0 aliphatic heterocycles. The lowest BCUT2D eigenvalue weighted by atomic mass is 10.2. The first-order chi connectivity index (χ1) is 16.1. The van der Waals surface area contributed by atoms with Crippen molar-refractivity contribution >= 4 is 38.8 Å². The maximum atomic E-state index is 13.0. The molecule has 1 aromatic carbocycles. The molecule has 10 nitrogen and oxygen atoms in total. The zero-order valence-corrected chi connectivity index (χ0v) is 20.3. The van der Waals surface area contributed by atoms with Gasteiger partial charge in [0.2, 0.25) is 10.0 Å². The van der Waals surface area contributed by atoms with Crippen LogP contribution in [0, 0.1) is 0 Å². The third kappa shape index (κ3) is 5.04. The second-order valence-corrected chi connectivity index (χ2v) is 9.85. The highest BCUT2D eigenvalue weighted by molar-refractivity contribution is 7.92. The van der Waals surface area contributed by atoms with Crippen LogP contribution in [0.2, 0.25) is 0 Å². The van der Waals surface area contributed by atoms with Crippen molar-refractivity contribution in [1.29, 1.82) is 0 Å². The van der Waals surface area contributed by atoms with Crippen molar-refractivity contribution < 1.29 is 13.2 Å². The van der Waals surface area contributed by atoms with Gasteiger partial charge in [-0.15, -0.1) is 0 Å². The van der Waals surface area contributed by atoms with E-state index in [1.54, 1.807) is 42.7 Å². The molecule has 0 radical (unpaired) electrons. The van der Waals surface area contributed by atoms with E-state index in [1.807, 2.05) is 42.3 Å². The van der Waals surface area contributed by atoms with Gasteiger partial charge in [0.05, 0.1) is 29.7 Å². The minimum absolute atomic E-state index is 0.317. The minimum atomic E-state index is -3.42. The number of sulfonamides is 1. The number of benzene rings is 1. The first kappa shape index (κ1) is 23.3. The standard InChI is InChI=1S/C23H27N7O3S/c1-5-19-23(29(3)15-21-24-11-12-28(21)2)30-14-16(9-10-20(30)26-19)22(31)25-17-7-6-8-18(13-17)27-34(4,32)33/h6-14,27H,5,15H2,1-4H3,(H,25,31). The summed E-state index contributed by atoms with van der Waals surface area (Å²) in [6.45, 7) is 2.63. The molecule has 3 aromatic heterocycles. The average molecular weight is 482 g/mol. The van der Waals surface area contributed by atoms with Crippen LogP contribution in [0.4, 0.5) is 17.2 Å². The summed E-state index contributed by atoms with van der Waals surface area (Å²) in [4.78, 5) is 24.2. The Hall–Kier alpha value is -3.86. The number of hydrogen-bond acceptors (Lipinski definition) is 6.